The molecule has 0 unspecified atom stereocenters. The molecule has 9 heteroatoms. The summed E-state index contributed by atoms with van der Waals surface area (Å²) in [7, 11) is 0. The number of nitro groups is 1. The van der Waals surface area contributed by atoms with E-state index < -0.39 is 23.4 Å². The highest BCUT2D eigenvalue weighted by Gasteiger charge is 2.17. The number of carbonyl (C=O) groups excluding carboxylic acids is 2. The van der Waals surface area contributed by atoms with Crippen molar-refractivity contribution in [3.63, 3.8) is 0 Å². The number of halogens is 1. The number of carbonyl (C=O) groups is 2. The van der Waals surface area contributed by atoms with Gasteiger partial charge in [0.25, 0.3) is 11.6 Å². The van der Waals surface area contributed by atoms with Gasteiger partial charge >= 0.3 is 5.97 Å². The Bertz CT molecular complexity index is 840. The molecule has 2 aromatic carbocycles. The number of aryl methyl sites for hydroxylation is 1. The van der Waals surface area contributed by atoms with E-state index in [2.05, 4.69) is 5.32 Å². The van der Waals surface area contributed by atoms with Crippen LogP contribution in [0.3, 0.4) is 0 Å². The van der Waals surface area contributed by atoms with Crippen LogP contribution in [0.25, 0.3) is 0 Å². The Balaban J connectivity index is 1.83. The molecule has 0 spiro atoms. The Morgan fingerprint density at radius 1 is 1.19 bits per heavy atom. The van der Waals surface area contributed by atoms with Crippen molar-refractivity contribution >= 4 is 34.9 Å². The molecule has 0 saturated heterocycles. The molecular formula is C17H15ClN2O6. The third kappa shape index (κ3) is 5.75. The van der Waals surface area contributed by atoms with E-state index in [9.17, 15) is 19.7 Å². The first-order valence-corrected chi connectivity index (χ1v) is 7.82. The van der Waals surface area contributed by atoms with E-state index in [1.165, 1.54) is 12.1 Å². The zero-order valence-electron chi connectivity index (χ0n) is 13.7. The number of nitro benzene ring substituents is 1. The predicted molar refractivity (Wildman–Crippen MR) is 94.4 cm³/mol. The zero-order chi connectivity index (χ0) is 19.1. The SMILES string of the molecule is Cc1cccc(OCC(=O)OCC(=O)Nc2ccc(Cl)cc2[N+](=O)[O-])c1. The standard InChI is InChI=1S/C17H15ClN2O6/c1-11-3-2-4-13(7-11)25-10-17(22)26-9-16(21)19-14-6-5-12(18)8-15(14)20(23)24/h2-8H,9-10H2,1H3,(H,19,21). The molecule has 0 aliphatic heterocycles. The van der Waals surface area contributed by atoms with Crippen LogP contribution < -0.4 is 10.1 Å². The van der Waals surface area contributed by atoms with Crippen LogP contribution in [0.15, 0.2) is 42.5 Å². The number of hydrogen-bond acceptors (Lipinski definition) is 6. The fourth-order valence-electron chi connectivity index (χ4n) is 1.98. The van der Waals surface area contributed by atoms with Gasteiger partial charge < -0.3 is 14.8 Å². The number of hydrogen-bond donors (Lipinski definition) is 1. The van der Waals surface area contributed by atoms with E-state index in [-0.39, 0.29) is 23.0 Å². The first-order chi connectivity index (χ1) is 12.3. The lowest BCUT2D eigenvalue weighted by Crippen LogP contribution is -2.24. The summed E-state index contributed by atoms with van der Waals surface area (Å²) in [6.45, 7) is 0.916. The molecule has 0 heterocycles. The number of amides is 1. The van der Waals surface area contributed by atoms with Gasteiger partial charge in [-0.15, -0.1) is 0 Å². The number of benzene rings is 2. The molecule has 0 radical (unpaired) electrons. The fourth-order valence-corrected chi connectivity index (χ4v) is 2.15. The van der Waals surface area contributed by atoms with Crippen LogP contribution >= 0.6 is 11.6 Å². The van der Waals surface area contributed by atoms with Gasteiger partial charge in [-0.2, -0.15) is 0 Å². The minimum absolute atomic E-state index is 0.0449. The minimum atomic E-state index is -0.743. The topological polar surface area (TPSA) is 108 Å². The molecule has 0 atom stereocenters. The first-order valence-electron chi connectivity index (χ1n) is 7.44. The summed E-state index contributed by atoms with van der Waals surface area (Å²) in [6.07, 6.45) is 0. The zero-order valence-corrected chi connectivity index (χ0v) is 14.5. The van der Waals surface area contributed by atoms with Crippen LogP contribution in [0.2, 0.25) is 5.02 Å². The molecule has 2 rings (SSSR count). The summed E-state index contributed by atoms with van der Waals surface area (Å²) >= 11 is 5.69. The molecule has 1 amide bonds. The van der Waals surface area contributed by atoms with Crippen molar-refractivity contribution < 1.29 is 24.0 Å². The third-order valence-electron chi connectivity index (χ3n) is 3.14. The van der Waals surface area contributed by atoms with Crippen LogP contribution in [-0.2, 0) is 14.3 Å². The summed E-state index contributed by atoms with van der Waals surface area (Å²) in [6, 6.07) is 10.9. The summed E-state index contributed by atoms with van der Waals surface area (Å²) in [5, 5.41) is 13.4. The highest BCUT2D eigenvalue weighted by molar-refractivity contribution is 6.31. The molecule has 0 aliphatic rings. The quantitative estimate of drug-likeness (QED) is 0.450. The first kappa shape index (κ1) is 19.2. The molecule has 8 nitrogen and oxygen atoms in total. The van der Waals surface area contributed by atoms with Gasteiger partial charge in [-0.25, -0.2) is 4.79 Å². The van der Waals surface area contributed by atoms with Gasteiger partial charge in [0.15, 0.2) is 13.2 Å². The summed E-state index contributed by atoms with van der Waals surface area (Å²) < 4.78 is 10.0. The van der Waals surface area contributed by atoms with E-state index in [1.807, 2.05) is 13.0 Å². The molecule has 0 fully saturated rings. The maximum atomic E-state index is 11.8. The smallest absolute Gasteiger partial charge is 0.344 e. The normalized spacial score (nSPS) is 10.1. The van der Waals surface area contributed by atoms with Gasteiger partial charge in [0, 0.05) is 11.1 Å². The number of esters is 1. The minimum Gasteiger partial charge on any atom is -0.482 e. The molecule has 2 aromatic rings. The molecule has 136 valence electrons. The second kappa shape index (κ2) is 8.82. The molecule has 0 aromatic heterocycles. The van der Waals surface area contributed by atoms with E-state index in [4.69, 9.17) is 21.1 Å². The van der Waals surface area contributed by atoms with Gasteiger partial charge in [0.1, 0.15) is 11.4 Å². The lowest BCUT2D eigenvalue weighted by Gasteiger charge is -2.08. The predicted octanol–water partition coefficient (Wildman–Crippen LogP) is 3.12. The van der Waals surface area contributed by atoms with Crippen molar-refractivity contribution in [1.82, 2.24) is 0 Å². The number of ether oxygens (including phenoxy) is 2. The van der Waals surface area contributed by atoms with Gasteiger partial charge in [0.2, 0.25) is 0 Å². The Kier molecular flexibility index (Phi) is 6.51. The fraction of sp³-hybridized carbons (Fsp3) is 0.176. The lowest BCUT2D eigenvalue weighted by molar-refractivity contribution is -0.383. The molecule has 0 bridgehead atoms. The Hall–Kier alpha value is -3.13. The summed E-state index contributed by atoms with van der Waals surface area (Å²) in [5.74, 6) is -0.963. The van der Waals surface area contributed by atoms with E-state index in [0.717, 1.165) is 11.6 Å². The Labute approximate surface area is 153 Å². The van der Waals surface area contributed by atoms with Gasteiger partial charge in [-0.3, -0.25) is 14.9 Å². The van der Waals surface area contributed by atoms with Crippen LogP contribution in [0.4, 0.5) is 11.4 Å². The Morgan fingerprint density at radius 3 is 2.65 bits per heavy atom. The van der Waals surface area contributed by atoms with E-state index in [1.54, 1.807) is 18.2 Å². The summed E-state index contributed by atoms with van der Waals surface area (Å²) in [5.41, 5.74) is 0.566. The molecule has 0 saturated carbocycles. The molecule has 0 aliphatic carbocycles. The van der Waals surface area contributed by atoms with Gasteiger partial charge in [-0.1, -0.05) is 23.7 Å². The van der Waals surface area contributed by atoms with E-state index >= 15 is 0 Å². The second-order valence-electron chi connectivity index (χ2n) is 5.23. The van der Waals surface area contributed by atoms with Crippen molar-refractivity contribution in [1.29, 1.82) is 0 Å². The molecule has 1 N–H and O–H groups in total. The van der Waals surface area contributed by atoms with Gasteiger partial charge in [0.05, 0.1) is 4.92 Å². The van der Waals surface area contributed by atoms with Crippen LogP contribution in [0.1, 0.15) is 5.56 Å². The maximum absolute atomic E-state index is 11.8. The van der Waals surface area contributed by atoms with Crippen LogP contribution in [-0.4, -0.2) is 30.0 Å². The highest BCUT2D eigenvalue weighted by Crippen LogP contribution is 2.27. The molecule has 26 heavy (non-hydrogen) atoms. The largest absolute Gasteiger partial charge is 0.482 e. The van der Waals surface area contributed by atoms with Crippen LogP contribution in [0, 0.1) is 17.0 Å². The van der Waals surface area contributed by atoms with Crippen molar-refractivity contribution in [2.24, 2.45) is 0 Å². The maximum Gasteiger partial charge on any atom is 0.344 e. The third-order valence-corrected chi connectivity index (χ3v) is 3.38. The Morgan fingerprint density at radius 2 is 1.96 bits per heavy atom. The highest BCUT2D eigenvalue weighted by atomic mass is 35.5. The average Bonchev–Trinajstić information content (AvgIpc) is 2.59. The molecular weight excluding hydrogens is 364 g/mol. The second-order valence-corrected chi connectivity index (χ2v) is 5.67. The summed E-state index contributed by atoms with van der Waals surface area (Å²) in [4.78, 5) is 33.7. The number of nitrogens with one attached hydrogen (secondary N) is 1. The van der Waals surface area contributed by atoms with Crippen molar-refractivity contribution in [3.05, 3.63) is 63.2 Å². The van der Waals surface area contributed by atoms with Gasteiger partial charge in [-0.05, 0) is 36.8 Å². The van der Waals surface area contributed by atoms with Crippen molar-refractivity contribution in [3.8, 4) is 5.75 Å². The number of rotatable bonds is 7. The van der Waals surface area contributed by atoms with Crippen molar-refractivity contribution in [2.75, 3.05) is 18.5 Å². The monoisotopic (exact) mass is 378 g/mol. The number of nitrogens with zero attached hydrogens (tertiary/aromatic N) is 1. The van der Waals surface area contributed by atoms with Crippen molar-refractivity contribution in [2.45, 2.75) is 6.92 Å². The average molecular weight is 379 g/mol. The van der Waals surface area contributed by atoms with E-state index in [0.29, 0.717) is 5.75 Å². The van der Waals surface area contributed by atoms with Crippen LogP contribution in [0.5, 0.6) is 5.75 Å². The number of anilines is 1. The lowest BCUT2D eigenvalue weighted by atomic mass is 10.2.